The van der Waals surface area contributed by atoms with Crippen molar-refractivity contribution >= 4 is 29.4 Å². The Hall–Kier alpha value is -3.13. The number of carbonyl (C=O) groups excluding carboxylic acids is 1. The van der Waals surface area contributed by atoms with Crippen molar-refractivity contribution in [3.05, 3.63) is 62.7 Å². The lowest BCUT2D eigenvalue weighted by molar-refractivity contribution is -0.385. The number of aromatic hydroxyl groups is 1. The highest BCUT2D eigenvalue weighted by Crippen LogP contribution is 2.34. The van der Waals surface area contributed by atoms with Gasteiger partial charge in [-0.25, -0.2) is 5.43 Å². The third kappa shape index (κ3) is 3.79. The van der Waals surface area contributed by atoms with Crippen LogP contribution >= 0.6 is 11.6 Å². The van der Waals surface area contributed by atoms with Gasteiger partial charge in [0.2, 0.25) is 0 Å². The van der Waals surface area contributed by atoms with Crippen molar-refractivity contribution in [2.75, 3.05) is 7.11 Å². The van der Waals surface area contributed by atoms with E-state index < -0.39 is 10.8 Å². The fraction of sp³-hybridized carbons (Fsp3) is 0.0667. The van der Waals surface area contributed by atoms with Crippen LogP contribution in [0.5, 0.6) is 11.5 Å². The summed E-state index contributed by atoms with van der Waals surface area (Å²) in [6.07, 6.45) is 1.26. The van der Waals surface area contributed by atoms with Crippen LogP contribution in [0.25, 0.3) is 0 Å². The van der Waals surface area contributed by atoms with E-state index in [9.17, 15) is 20.0 Å². The quantitative estimate of drug-likeness (QED) is 0.489. The van der Waals surface area contributed by atoms with E-state index in [0.717, 1.165) is 0 Å². The molecule has 0 heterocycles. The summed E-state index contributed by atoms with van der Waals surface area (Å²) in [6, 6.07) is 8.40. The van der Waals surface area contributed by atoms with E-state index in [1.54, 1.807) is 0 Å². The minimum atomic E-state index is -0.726. The lowest BCUT2D eigenvalue weighted by Gasteiger charge is -2.06. The number of nitrogens with one attached hydrogen (secondary N) is 1. The number of carbonyl (C=O) groups is 1. The smallest absolute Gasteiger partial charge is 0.282 e. The van der Waals surface area contributed by atoms with Gasteiger partial charge in [0.15, 0.2) is 11.5 Å². The summed E-state index contributed by atoms with van der Waals surface area (Å²) in [7, 11) is 1.36. The molecule has 0 aliphatic rings. The molecular weight excluding hydrogens is 338 g/mol. The molecule has 0 fully saturated rings. The van der Waals surface area contributed by atoms with Gasteiger partial charge in [-0.2, -0.15) is 5.10 Å². The van der Waals surface area contributed by atoms with E-state index in [4.69, 9.17) is 16.3 Å². The molecule has 24 heavy (non-hydrogen) atoms. The number of nitrogens with zero attached hydrogens (tertiary/aromatic N) is 2. The summed E-state index contributed by atoms with van der Waals surface area (Å²) in [5.74, 6) is -0.787. The molecule has 2 aromatic rings. The average molecular weight is 350 g/mol. The van der Waals surface area contributed by atoms with E-state index in [0.29, 0.717) is 5.56 Å². The van der Waals surface area contributed by atoms with Gasteiger partial charge >= 0.3 is 0 Å². The number of nitro groups is 1. The van der Waals surface area contributed by atoms with Gasteiger partial charge in [0.25, 0.3) is 11.6 Å². The maximum absolute atomic E-state index is 12.0. The van der Waals surface area contributed by atoms with Gasteiger partial charge < -0.3 is 9.84 Å². The first kappa shape index (κ1) is 17.2. The fourth-order valence-corrected chi connectivity index (χ4v) is 2.09. The average Bonchev–Trinajstić information content (AvgIpc) is 2.57. The Labute approximate surface area is 141 Å². The molecule has 0 atom stereocenters. The summed E-state index contributed by atoms with van der Waals surface area (Å²) in [5.41, 5.74) is 2.22. The summed E-state index contributed by atoms with van der Waals surface area (Å²) in [6.45, 7) is 0. The molecule has 0 saturated heterocycles. The number of nitro benzene ring substituents is 1. The van der Waals surface area contributed by atoms with Crippen LogP contribution < -0.4 is 10.2 Å². The number of rotatable bonds is 5. The second-order valence-corrected chi connectivity index (χ2v) is 4.93. The number of ether oxygens (including phenoxy) is 1. The normalized spacial score (nSPS) is 10.6. The Morgan fingerprint density at radius 1 is 1.42 bits per heavy atom. The first-order valence-corrected chi connectivity index (χ1v) is 6.95. The van der Waals surface area contributed by atoms with E-state index in [1.807, 2.05) is 0 Å². The lowest BCUT2D eigenvalue weighted by atomic mass is 10.2. The van der Waals surface area contributed by atoms with Crippen LogP contribution in [0.2, 0.25) is 5.02 Å². The van der Waals surface area contributed by atoms with Crippen LogP contribution in [0, 0.1) is 10.1 Å². The van der Waals surface area contributed by atoms with Crippen molar-refractivity contribution in [2.45, 2.75) is 0 Å². The molecule has 0 radical (unpaired) electrons. The van der Waals surface area contributed by atoms with Crippen LogP contribution in [0.15, 0.2) is 41.5 Å². The van der Waals surface area contributed by atoms with Gasteiger partial charge in [-0.05, 0) is 23.8 Å². The first-order chi connectivity index (χ1) is 11.4. The van der Waals surface area contributed by atoms with Crippen molar-refractivity contribution < 1.29 is 19.6 Å². The molecule has 2 rings (SSSR count). The largest absolute Gasteiger partial charge is 0.503 e. The molecule has 124 valence electrons. The van der Waals surface area contributed by atoms with Crippen molar-refractivity contribution in [3.8, 4) is 11.5 Å². The highest BCUT2D eigenvalue weighted by Gasteiger charge is 2.18. The maximum Gasteiger partial charge on any atom is 0.282 e. The number of methoxy groups -OCH3 is 1. The molecule has 0 saturated carbocycles. The van der Waals surface area contributed by atoms with Crippen LogP contribution in [-0.4, -0.2) is 29.3 Å². The monoisotopic (exact) mass is 349 g/mol. The zero-order valence-electron chi connectivity index (χ0n) is 12.4. The maximum atomic E-state index is 12.0. The van der Waals surface area contributed by atoms with Crippen molar-refractivity contribution in [1.82, 2.24) is 5.43 Å². The number of hydrogen-bond acceptors (Lipinski definition) is 6. The molecule has 2 N–H and O–H groups in total. The Bertz CT molecular complexity index is 823. The third-order valence-electron chi connectivity index (χ3n) is 3.00. The van der Waals surface area contributed by atoms with Gasteiger partial charge in [0.1, 0.15) is 5.56 Å². The summed E-state index contributed by atoms with van der Waals surface area (Å²) < 4.78 is 4.95. The number of hydrogen-bond donors (Lipinski definition) is 2. The number of benzene rings is 2. The van der Waals surface area contributed by atoms with Crippen LogP contribution in [0.3, 0.4) is 0 Å². The SMILES string of the molecule is COc1cc(C=NNC(=O)c2ccccc2[N+](=O)[O-])cc(Cl)c1O. The molecule has 2 aromatic carbocycles. The molecule has 0 unspecified atom stereocenters. The standard InChI is InChI=1S/C15H12ClN3O5/c1-24-13-7-9(6-11(16)14(13)20)8-17-18-15(21)10-4-2-3-5-12(10)19(22)23/h2-8,20H,1H3,(H,18,21). The van der Waals surface area contributed by atoms with E-state index >= 15 is 0 Å². The van der Waals surface area contributed by atoms with E-state index in [1.165, 1.54) is 49.7 Å². The molecule has 1 amide bonds. The molecule has 8 nitrogen and oxygen atoms in total. The van der Waals surface area contributed by atoms with Gasteiger partial charge in [0.05, 0.1) is 23.3 Å². The Balaban J connectivity index is 2.17. The lowest BCUT2D eigenvalue weighted by Crippen LogP contribution is -2.18. The number of hydrazone groups is 1. The zero-order chi connectivity index (χ0) is 17.7. The predicted octanol–water partition coefficient (Wildman–Crippen LogP) is 2.73. The Kier molecular flexibility index (Phi) is 5.33. The Morgan fingerprint density at radius 3 is 2.79 bits per heavy atom. The van der Waals surface area contributed by atoms with Crippen molar-refractivity contribution in [2.24, 2.45) is 5.10 Å². The minimum absolute atomic E-state index is 0.0563. The number of amides is 1. The first-order valence-electron chi connectivity index (χ1n) is 6.57. The predicted molar refractivity (Wildman–Crippen MR) is 87.8 cm³/mol. The molecule has 0 spiro atoms. The molecule has 0 aliphatic carbocycles. The fourth-order valence-electron chi connectivity index (χ4n) is 1.87. The van der Waals surface area contributed by atoms with E-state index in [2.05, 4.69) is 10.5 Å². The van der Waals surface area contributed by atoms with Gasteiger partial charge in [-0.1, -0.05) is 23.7 Å². The second-order valence-electron chi connectivity index (χ2n) is 4.53. The molecule has 0 bridgehead atoms. The van der Waals surface area contributed by atoms with Gasteiger partial charge in [-0.3, -0.25) is 14.9 Å². The van der Waals surface area contributed by atoms with Crippen LogP contribution in [0.4, 0.5) is 5.69 Å². The highest BCUT2D eigenvalue weighted by molar-refractivity contribution is 6.32. The molecule has 9 heteroatoms. The summed E-state index contributed by atoms with van der Waals surface area (Å²) in [4.78, 5) is 22.2. The van der Waals surface area contributed by atoms with E-state index in [-0.39, 0.29) is 27.8 Å². The number of phenolic OH excluding ortho intramolecular Hbond substituents is 1. The Morgan fingerprint density at radius 2 is 2.12 bits per heavy atom. The molecule has 0 aromatic heterocycles. The van der Waals surface area contributed by atoms with Gasteiger partial charge in [-0.15, -0.1) is 0 Å². The molecule has 0 aliphatic heterocycles. The number of para-hydroxylation sites is 1. The summed E-state index contributed by atoms with van der Waals surface area (Å²) in [5, 5.41) is 24.3. The summed E-state index contributed by atoms with van der Waals surface area (Å²) >= 11 is 5.84. The van der Waals surface area contributed by atoms with Crippen LogP contribution in [0.1, 0.15) is 15.9 Å². The topological polar surface area (TPSA) is 114 Å². The van der Waals surface area contributed by atoms with Crippen molar-refractivity contribution in [1.29, 1.82) is 0 Å². The second kappa shape index (κ2) is 7.42. The van der Waals surface area contributed by atoms with Crippen molar-refractivity contribution in [3.63, 3.8) is 0 Å². The third-order valence-corrected chi connectivity index (χ3v) is 3.28. The van der Waals surface area contributed by atoms with Crippen LogP contribution in [-0.2, 0) is 0 Å². The molecular formula is C15H12ClN3O5. The number of phenols is 1. The number of halogens is 1. The zero-order valence-corrected chi connectivity index (χ0v) is 13.1. The minimum Gasteiger partial charge on any atom is -0.503 e. The van der Waals surface area contributed by atoms with Gasteiger partial charge in [0, 0.05) is 6.07 Å². The highest BCUT2D eigenvalue weighted by atomic mass is 35.5.